The molecule has 114 valence electrons. The molecular formula is C14H17FN2O2S2. The minimum absolute atomic E-state index is 0.195. The summed E-state index contributed by atoms with van der Waals surface area (Å²) in [5, 5.41) is 1.94. The molecule has 0 saturated heterocycles. The van der Waals surface area contributed by atoms with Crippen LogP contribution in [-0.4, -0.2) is 25.8 Å². The monoisotopic (exact) mass is 328 g/mol. The number of thiophene rings is 1. The number of sulfonamides is 1. The van der Waals surface area contributed by atoms with Crippen molar-refractivity contribution >= 4 is 27.0 Å². The second-order valence-corrected chi connectivity index (χ2v) is 7.84. The molecule has 1 unspecified atom stereocenters. The molecule has 2 rings (SSSR count). The predicted molar refractivity (Wildman–Crippen MR) is 83.2 cm³/mol. The molecule has 4 nitrogen and oxygen atoms in total. The highest BCUT2D eigenvalue weighted by atomic mass is 32.2. The fourth-order valence-corrected chi connectivity index (χ4v) is 4.20. The molecule has 2 aromatic rings. The number of anilines is 1. The number of benzene rings is 1. The van der Waals surface area contributed by atoms with E-state index in [2.05, 4.69) is 0 Å². The second-order valence-electron chi connectivity index (χ2n) is 4.84. The van der Waals surface area contributed by atoms with E-state index in [0.717, 1.165) is 10.9 Å². The summed E-state index contributed by atoms with van der Waals surface area (Å²) in [5.41, 5.74) is 5.65. The van der Waals surface area contributed by atoms with E-state index in [-0.39, 0.29) is 16.6 Å². The van der Waals surface area contributed by atoms with Crippen molar-refractivity contribution in [2.75, 3.05) is 12.8 Å². The Morgan fingerprint density at radius 1 is 1.38 bits per heavy atom. The van der Waals surface area contributed by atoms with Crippen LogP contribution in [0.15, 0.2) is 40.6 Å². The number of rotatable bonds is 5. The summed E-state index contributed by atoms with van der Waals surface area (Å²) in [6, 6.07) is 7.20. The van der Waals surface area contributed by atoms with Crippen molar-refractivity contribution < 1.29 is 12.8 Å². The van der Waals surface area contributed by atoms with Gasteiger partial charge in [-0.2, -0.15) is 4.31 Å². The summed E-state index contributed by atoms with van der Waals surface area (Å²) in [6.45, 7) is 1.80. The van der Waals surface area contributed by atoms with Crippen LogP contribution < -0.4 is 5.73 Å². The molecule has 1 aromatic heterocycles. The molecule has 0 aliphatic heterocycles. The fourth-order valence-electron chi connectivity index (χ4n) is 1.97. The molecule has 1 heterocycles. The van der Waals surface area contributed by atoms with Crippen LogP contribution in [0, 0.1) is 5.82 Å². The largest absolute Gasteiger partial charge is 0.399 e. The van der Waals surface area contributed by atoms with Gasteiger partial charge in [-0.3, -0.25) is 0 Å². The Balaban J connectivity index is 2.25. The van der Waals surface area contributed by atoms with Gasteiger partial charge >= 0.3 is 0 Å². The molecule has 2 N–H and O–H groups in total. The maximum Gasteiger partial charge on any atom is 0.245 e. The van der Waals surface area contributed by atoms with E-state index in [1.165, 1.54) is 23.5 Å². The van der Waals surface area contributed by atoms with E-state index in [0.29, 0.717) is 6.42 Å². The van der Waals surface area contributed by atoms with Crippen molar-refractivity contribution in [3.05, 3.63) is 46.4 Å². The summed E-state index contributed by atoms with van der Waals surface area (Å²) in [5.74, 6) is -0.829. The molecule has 0 saturated carbocycles. The Kier molecular flexibility index (Phi) is 4.65. The van der Waals surface area contributed by atoms with Crippen LogP contribution in [0.4, 0.5) is 10.1 Å². The van der Waals surface area contributed by atoms with Gasteiger partial charge in [0.1, 0.15) is 10.7 Å². The number of nitrogen functional groups attached to an aromatic ring is 1. The first-order valence-electron chi connectivity index (χ1n) is 6.38. The van der Waals surface area contributed by atoms with Crippen LogP contribution in [0.25, 0.3) is 0 Å². The van der Waals surface area contributed by atoms with Crippen molar-refractivity contribution in [3.63, 3.8) is 0 Å². The van der Waals surface area contributed by atoms with Crippen molar-refractivity contribution in [2.24, 2.45) is 0 Å². The standard InChI is InChI=1S/C14H17FN2O2S2/c1-10(8-12-4-3-7-20-12)17(2)21(18,19)14-6-5-11(16)9-13(14)15/h3-7,9-10H,8,16H2,1-2H3. The van der Waals surface area contributed by atoms with E-state index in [1.54, 1.807) is 18.3 Å². The van der Waals surface area contributed by atoms with Crippen LogP contribution in [-0.2, 0) is 16.4 Å². The third kappa shape index (κ3) is 3.42. The van der Waals surface area contributed by atoms with Gasteiger partial charge in [-0.1, -0.05) is 6.07 Å². The highest BCUT2D eigenvalue weighted by Gasteiger charge is 2.28. The van der Waals surface area contributed by atoms with Crippen molar-refractivity contribution in [3.8, 4) is 0 Å². The smallest absolute Gasteiger partial charge is 0.245 e. The second kappa shape index (κ2) is 6.13. The van der Waals surface area contributed by atoms with Crippen molar-refractivity contribution in [1.82, 2.24) is 4.31 Å². The number of nitrogens with two attached hydrogens (primary N) is 1. The maximum atomic E-state index is 13.9. The highest BCUT2D eigenvalue weighted by molar-refractivity contribution is 7.89. The summed E-state index contributed by atoms with van der Waals surface area (Å²) >= 11 is 1.57. The molecule has 0 spiro atoms. The maximum absolute atomic E-state index is 13.9. The van der Waals surface area contributed by atoms with Crippen molar-refractivity contribution in [2.45, 2.75) is 24.3 Å². The van der Waals surface area contributed by atoms with Gasteiger partial charge in [0.05, 0.1) is 0 Å². The van der Waals surface area contributed by atoms with Gasteiger partial charge in [0.25, 0.3) is 0 Å². The van der Waals surface area contributed by atoms with Crippen LogP contribution in [0.1, 0.15) is 11.8 Å². The van der Waals surface area contributed by atoms with Gasteiger partial charge in [-0.15, -0.1) is 11.3 Å². The fraction of sp³-hybridized carbons (Fsp3) is 0.286. The topological polar surface area (TPSA) is 63.4 Å². The summed E-state index contributed by atoms with van der Waals surface area (Å²) in [4.78, 5) is 0.736. The Morgan fingerprint density at radius 2 is 2.10 bits per heavy atom. The SMILES string of the molecule is CC(Cc1cccs1)N(C)S(=O)(=O)c1ccc(N)cc1F. The molecule has 0 aliphatic rings. The zero-order valence-corrected chi connectivity index (χ0v) is 13.4. The molecule has 0 fully saturated rings. The number of hydrogen-bond acceptors (Lipinski definition) is 4. The highest BCUT2D eigenvalue weighted by Crippen LogP contribution is 2.23. The third-order valence-corrected chi connectivity index (χ3v) is 6.21. The minimum Gasteiger partial charge on any atom is -0.399 e. The molecule has 0 amide bonds. The number of likely N-dealkylation sites (N-methyl/N-ethyl adjacent to an activating group) is 1. The van der Waals surface area contributed by atoms with Gasteiger partial charge in [0.2, 0.25) is 10.0 Å². The Bertz CT molecular complexity index is 715. The van der Waals surface area contributed by atoms with Gasteiger partial charge in [-0.05, 0) is 43.0 Å². The first kappa shape index (κ1) is 15.9. The zero-order chi connectivity index (χ0) is 15.6. The minimum atomic E-state index is -3.88. The van der Waals surface area contributed by atoms with Crippen LogP contribution in [0.5, 0.6) is 0 Å². The van der Waals surface area contributed by atoms with E-state index < -0.39 is 15.8 Å². The zero-order valence-electron chi connectivity index (χ0n) is 11.8. The molecule has 0 aliphatic carbocycles. The van der Waals surface area contributed by atoms with Gasteiger partial charge in [-0.25, -0.2) is 12.8 Å². The number of hydrogen-bond donors (Lipinski definition) is 1. The number of halogens is 1. The van der Waals surface area contributed by atoms with E-state index in [9.17, 15) is 12.8 Å². The van der Waals surface area contributed by atoms with Crippen LogP contribution in [0.2, 0.25) is 0 Å². The van der Waals surface area contributed by atoms with Gasteiger partial charge in [0.15, 0.2) is 0 Å². The normalized spacial score (nSPS) is 13.5. The average Bonchev–Trinajstić information content (AvgIpc) is 2.90. The van der Waals surface area contributed by atoms with E-state index >= 15 is 0 Å². The molecule has 7 heteroatoms. The van der Waals surface area contributed by atoms with E-state index in [4.69, 9.17) is 5.73 Å². The molecule has 1 atom stereocenters. The Morgan fingerprint density at radius 3 is 2.67 bits per heavy atom. The predicted octanol–water partition coefficient (Wildman–Crippen LogP) is 2.72. The molecule has 0 radical (unpaired) electrons. The summed E-state index contributed by atoms with van der Waals surface area (Å²) < 4.78 is 40.0. The lowest BCUT2D eigenvalue weighted by atomic mass is 10.2. The van der Waals surface area contributed by atoms with Crippen molar-refractivity contribution in [1.29, 1.82) is 0 Å². The number of nitrogens with zero attached hydrogens (tertiary/aromatic N) is 1. The molecule has 1 aromatic carbocycles. The lowest BCUT2D eigenvalue weighted by Crippen LogP contribution is -2.36. The summed E-state index contributed by atoms with van der Waals surface area (Å²) in [6.07, 6.45) is 0.587. The molecule has 21 heavy (non-hydrogen) atoms. The lowest BCUT2D eigenvalue weighted by molar-refractivity contribution is 0.385. The summed E-state index contributed by atoms with van der Waals surface area (Å²) in [7, 11) is -2.42. The van der Waals surface area contributed by atoms with Crippen LogP contribution >= 0.6 is 11.3 Å². The van der Waals surface area contributed by atoms with Gasteiger partial charge < -0.3 is 5.73 Å². The Hall–Kier alpha value is -1.44. The third-order valence-electron chi connectivity index (χ3n) is 3.31. The lowest BCUT2D eigenvalue weighted by Gasteiger charge is -2.24. The first-order valence-corrected chi connectivity index (χ1v) is 8.70. The quantitative estimate of drug-likeness (QED) is 0.858. The Labute approximate surface area is 128 Å². The van der Waals surface area contributed by atoms with Gasteiger partial charge in [0, 0.05) is 23.7 Å². The van der Waals surface area contributed by atoms with E-state index in [1.807, 2.05) is 17.5 Å². The molecular weight excluding hydrogens is 311 g/mol. The average molecular weight is 328 g/mol. The van der Waals surface area contributed by atoms with Crippen LogP contribution in [0.3, 0.4) is 0 Å². The molecule has 0 bridgehead atoms. The first-order chi connectivity index (χ1) is 9.82.